The molecule has 2 atom stereocenters. The quantitative estimate of drug-likeness (QED) is 0.291. The Morgan fingerprint density at radius 2 is 2.10 bits per heavy atom. The summed E-state index contributed by atoms with van der Waals surface area (Å²) in [5, 5.41) is 0. The zero-order valence-corrected chi connectivity index (χ0v) is 19.0. The summed E-state index contributed by atoms with van der Waals surface area (Å²) in [5.74, 6) is 2.77. The van der Waals surface area contributed by atoms with Crippen molar-refractivity contribution in [2.45, 2.75) is 45.3 Å². The maximum atomic E-state index is 12.2. The first-order valence-corrected chi connectivity index (χ1v) is 12.0. The van der Waals surface area contributed by atoms with Crippen molar-refractivity contribution in [2.75, 3.05) is 37.4 Å². The number of amidine groups is 1. The number of likely N-dealkylation sites (tertiary alicyclic amines) is 1. The number of urea groups is 1. The molecule has 0 aliphatic carbocycles. The highest BCUT2D eigenvalue weighted by molar-refractivity contribution is 7.39. The molecule has 4 N–H and O–H groups in total. The van der Waals surface area contributed by atoms with E-state index in [0.717, 1.165) is 66.0 Å². The Labute approximate surface area is 180 Å². The van der Waals surface area contributed by atoms with Crippen molar-refractivity contribution in [1.29, 1.82) is 0 Å². The summed E-state index contributed by atoms with van der Waals surface area (Å²) in [6.45, 7) is 6.82. The summed E-state index contributed by atoms with van der Waals surface area (Å²) in [7, 11) is 0.753. The van der Waals surface area contributed by atoms with E-state index in [1.54, 1.807) is 17.3 Å². The molecule has 0 radical (unpaired) electrons. The number of hydrogen-bond donors (Lipinski definition) is 2. The van der Waals surface area contributed by atoms with Gasteiger partial charge < -0.3 is 26.0 Å². The maximum absolute atomic E-state index is 12.2. The zero-order chi connectivity index (χ0) is 21.5. The minimum absolute atomic E-state index is 0.0891. The Bertz CT molecular complexity index is 720. The molecule has 2 aliphatic heterocycles. The molecule has 2 fully saturated rings. The molecule has 30 heavy (non-hydrogen) atoms. The van der Waals surface area contributed by atoms with Crippen LogP contribution in [0.2, 0.25) is 0 Å². The van der Waals surface area contributed by atoms with Crippen molar-refractivity contribution in [1.82, 2.24) is 14.9 Å². The number of carbonyl (C=O) groups is 1. The zero-order valence-electron chi connectivity index (χ0n) is 18.0. The van der Waals surface area contributed by atoms with Crippen molar-refractivity contribution < 1.29 is 9.53 Å². The van der Waals surface area contributed by atoms with Crippen molar-refractivity contribution >= 4 is 26.3 Å². The summed E-state index contributed by atoms with van der Waals surface area (Å²) in [6.07, 6.45) is 8.44. The number of amides is 2. The lowest BCUT2D eigenvalue weighted by Crippen LogP contribution is -2.38. The minimum atomic E-state index is -0.207. The van der Waals surface area contributed by atoms with Gasteiger partial charge in [0.2, 0.25) is 5.88 Å². The van der Waals surface area contributed by atoms with Crippen LogP contribution in [0, 0.1) is 11.8 Å². The summed E-state index contributed by atoms with van der Waals surface area (Å²) < 4.78 is 5.75. The van der Waals surface area contributed by atoms with E-state index >= 15 is 0 Å². The lowest BCUT2D eigenvalue weighted by molar-refractivity contribution is 0.172. The van der Waals surface area contributed by atoms with Crippen LogP contribution in [0.4, 0.5) is 10.6 Å². The van der Waals surface area contributed by atoms with Gasteiger partial charge in [-0.15, -0.1) is 0 Å². The van der Waals surface area contributed by atoms with Crippen LogP contribution in [-0.2, 0) is 0 Å². The molecule has 9 nitrogen and oxygen atoms in total. The minimum Gasteiger partial charge on any atom is -0.477 e. The van der Waals surface area contributed by atoms with Gasteiger partial charge in [-0.2, -0.15) is 4.99 Å². The Balaban J connectivity index is 1.32. The highest BCUT2D eigenvalue weighted by Crippen LogP contribution is 2.28. The number of aromatic nitrogens is 2. The first-order valence-electron chi connectivity index (χ1n) is 10.7. The Hall–Kier alpha value is -1.99. The second-order valence-electron chi connectivity index (χ2n) is 8.30. The Morgan fingerprint density at radius 1 is 1.33 bits per heavy atom. The van der Waals surface area contributed by atoms with Crippen LogP contribution >= 0.6 is 8.58 Å². The van der Waals surface area contributed by atoms with Crippen LogP contribution in [0.25, 0.3) is 0 Å². The Kier molecular flexibility index (Phi) is 8.22. The van der Waals surface area contributed by atoms with Gasteiger partial charge in [0.1, 0.15) is 11.7 Å². The molecule has 1 aromatic heterocycles. The van der Waals surface area contributed by atoms with E-state index in [0.29, 0.717) is 24.2 Å². The molecule has 1 aromatic rings. The van der Waals surface area contributed by atoms with E-state index in [1.807, 2.05) is 13.8 Å². The van der Waals surface area contributed by atoms with Crippen LogP contribution < -0.4 is 21.1 Å². The monoisotopic (exact) mass is 435 g/mol. The summed E-state index contributed by atoms with van der Waals surface area (Å²) in [4.78, 5) is 29.0. The van der Waals surface area contributed by atoms with Crippen molar-refractivity contribution in [3.63, 3.8) is 0 Å². The van der Waals surface area contributed by atoms with Crippen LogP contribution in [0.1, 0.15) is 39.5 Å². The van der Waals surface area contributed by atoms with Gasteiger partial charge >= 0.3 is 6.03 Å². The molecule has 2 saturated heterocycles. The average Bonchev–Trinajstić information content (AvgIpc) is 3.18. The molecule has 2 amide bonds. The normalized spacial score (nSPS) is 21.6. The first-order chi connectivity index (χ1) is 14.4. The number of ether oxygens (including phenoxy) is 1. The Morgan fingerprint density at radius 3 is 2.70 bits per heavy atom. The van der Waals surface area contributed by atoms with E-state index in [-0.39, 0.29) is 17.7 Å². The van der Waals surface area contributed by atoms with Crippen LogP contribution in [0.5, 0.6) is 5.88 Å². The third-order valence-electron chi connectivity index (χ3n) is 5.61. The van der Waals surface area contributed by atoms with Gasteiger partial charge in [0.15, 0.2) is 0 Å². The maximum Gasteiger partial charge on any atom is 0.345 e. The van der Waals surface area contributed by atoms with Crippen molar-refractivity contribution in [2.24, 2.45) is 28.3 Å². The number of carbonyl (C=O) groups excluding carboxylic acids is 1. The van der Waals surface area contributed by atoms with Gasteiger partial charge in [0.25, 0.3) is 0 Å². The SMILES string of the molecule is CC(C)/C(N)=N/C(=O)N1CCC(CCCOc2cnc(N3CPC(N)C3)cn2)CC1. The van der Waals surface area contributed by atoms with Gasteiger partial charge in [-0.1, -0.05) is 22.4 Å². The predicted octanol–water partition coefficient (Wildman–Crippen LogP) is 2.22. The highest BCUT2D eigenvalue weighted by atomic mass is 31.1. The molecule has 10 heteroatoms. The predicted molar refractivity (Wildman–Crippen MR) is 121 cm³/mol. The molecule has 3 rings (SSSR count). The fraction of sp³-hybridized carbons (Fsp3) is 0.700. The number of hydrogen-bond acceptors (Lipinski definition) is 6. The van der Waals surface area contributed by atoms with Gasteiger partial charge in [0, 0.05) is 37.6 Å². The molecular formula is C20H34N7O2P. The third-order valence-corrected chi connectivity index (χ3v) is 6.88. The number of anilines is 1. The van der Waals surface area contributed by atoms with E-state index < -0.39 is 0 Å². The molecule has 2 unspecified atom stereocenters. The highest BCUT2D eigenvalue weighted by Gasteiger charge is 2.23. The van der Waals surface area contributed by atoms with E-state index in [1.165, 1.54) is 0 Å². The number of nitrogens with two attached hydrogens (primary N) is 2. The number of nitrogens with zero attached hydrogens (tertiary/aromatic N) is 5. The second-order valence-corrected chi connectivity index (χ2v) is 9.77. The number of rotatable bonds is 7. The fourth-order valence-corrected chi connectivity index (χ4v) is 4.68. The molecule has 0 saturated carbocycles. The molecule has 0 bridgehead atoms. The van der Waals surface area contributed by atoms with E-state index in [4.69, 9.17) is 16.2 Å². The van der Waals surface area contributed by atoms with Crippen LogP contribution in [-0.4, -0.2) is 65.0 Å². The topological polar surface area (TPSA) is 123 Å². The lowest BCUT2D eigenvalue weighted by atomic mass is 9.92. The molecule has 0 spiro atoms. The third kappa shape index (κ3) is 6.51. The fourth-order valence-electron chi connectivity index (χ4n) is 3.59. The van der Waals surface area contributed by atoms with E-state index in [9.17, 15) is 4.79 Å². The summed E-state index contributed by atoms with van der Waals surface area (Å²) >= 11 is 0. The first kappa shape index (κ1) is 22.7. The molecule has 0 aromatic carbocycles. The standard InChI is InChI=1S/C20H34N7O2P/c1-14(2)19(22)25-20(28)26-7-5-15(6-8-26)4-3-9-29-18-11-23-17(10-24-18)27-12-16(21)30-13-27/h10-11,14-16,30H,3-9,12-13,21H2,1-2H3,(H2,22,25,28). The lowest BCUT2D eigenvalue weighted by Gasteiger charge is -2.30. The molecule has 3 heterocycles. The second kappa shape index (κ2) is 10.9. The molecule has 166 valence electrons. The van der Waals surface area contributed by atoms with Gasteiger partial charge in [-0.05, 0) is 31.6 Å². The number of aliphatic imine (C=N–C) groups is 1. The van der Waals surface area contributed by atoms with Gasteiger partial charge in [0.05, 0.1) is 19.0 Å². The largest absolute Gasteiger partial charge is 0.477 e. The smallest absolute Gasteiger partial charge is 0.345 e. The van der Waals surface area contributed by atoms with Gasteiger partial charge in [-0.3, -0.25) is 0 Å². The van der Waals surface area contributed by atoms with Crippen LogP contribution in [0.15, 0.2) is 17.4 Å². The van der Waals surface area contributed by atoms with Crippen molar-refractivity contribution in [3.05, 3.63) is 12.4 Å². The average molecular weight is 436 g/mol. The summed E-state index contributed by atoms with van der Waals surface area (Å²) in [6, 6.07) is -0.207. The van der Waals surface area contributed by atoms with E-state index in [2.05, 4.69) is 19.9 Å². The molecule has 2 aliphatic rings. The molecular weight excluding hydrogens is 401 g/mol. The van der Waals surface area contributed by atoms with Gasteiger partial charge in [-0.25, -0.2) is 14.8 Å². The number of piperidine rings is 1. The van der Waals surface area contributed by atoms with Crippen molar-refractivity contribution in [3.8, 4) is 5.88 Å². The van der Waals surface area contributed by atoms with Crippen LogP contribution in [0.3, 0.4) is 0 Å². The summed E-state index contributed by atoms with van der Waals surface area (Å²) in [5.41, 5.74) is 11.8.